The molecular weight excluding hydrogens is 1180 g/mol. The number of hydrogen-bond donors (Lipinski definition) is 2. The Kier molecular flexibility index (Phi) is 16.3. The zero-order valence-corrected chi connectivity index (χ0v) is 57.0. The lowest BCUT2D eigenvalue weighted by atomic mass is 9.42. The minimum Gasteiger partial charge on any atom is -0.497 e. The van der Waals surface area contributed by atoms with E-state index in [1.54, 1.807) is 50.6 Å². The van der Waals surface area contributed by atoms with Gasteiger partial charge in [0.25, 0.3) is 0 Å². The summed E-state index contributed by atoms with van der Waals surface area (Å²) in [6.45, 7) is 29.8. The van der Waals surface area contributed by atoms with E-state index < -0.39 is 99.4 Å². The predicted molar refractivity (Wildman–Crippen MR) is 346 cm³/mol. The number of ether oxygens (including phenoxy) is 11. The number of fused-ring (bicyclic) bond motifs is 7. The third-order valence-electron chi connectivity index (χ3n) is 25.4. The Hall–Kier alpha value is -5.95. The van der Waals surface area contributed by atoms with Gasteiger partial charge in [-0.3, -0.25) is 4.79 Å². The summed E-state index contributed by atoms with van der Waals surface area (Å²) in [6, 6.07) is 33.6. The maximum absolute atomic E-state index is 14.1. The molecule has 4 aromatic carbocycles. The van der Waals surface area contributed by atoms with Crippen LogP contribution in [0.5, 0.6) is 11.5 Å². The molecule has 0 radical (unpaired) electrons. The molecule has 4 heterocycles. The van der Waals surface area contributed by atoms with Crippen molar-refractivity contribution < 1.29 is 76.7 Å². The predicted octanol–water partition coefficient (Wildman–Crippen LogP) is 13.1. The second-order valence-electron chi connectivity index (χ2n) is 30.8. The molecule has 0 spiro atoms. The molecule has 8 fully saturated rings. The summed E-state index contributed by atoms with van der Waals surface area (Å²) < 4.78 is 71.4. The topological polar surface area (TPSA) is 193 Å². The third-order valence-corrected chi connectivity index (χ3v) is 25.4. The lowest BCUT2D eigenvalue weighted by Gasteiger charge is -2.71. The fourth-order valence-electron chi connectivity index (χ4n) is 20.7. The first-order chi connectivity index (χ1) is 44.0. The molecule has 14 rings (SSSR count). The van der Waals surface area contributed by atoms with Crippen LogP contribution >= 0.6 is 0 Å². The summed E-state index contributed by atoms with van der Waals surface area (Å²) in [6.07, 6.45) is -2.81. The van der Waals surface area contributed by atoms with Crippen LogP contribution in [-0.4, -0.2) is 121 Å². The van der Waals surface area contributed by atoms with E-state index in [2.05, 4.69) is 62.3 Å². The number of benzene rings is 4. The number of rotatable bonds is 10. The number of allylic oxidation sites excluding steroid dienone is 2. The molecule has 0 aromatic heterocycles. The van der Waals surface area contributed by atoms with Crippen LogP contribution < -0.4 is 9.47 Å². The van der Waals surface area contributed by atoms with E-state index in [4.69, 9.17) is 52.1 Å². The van der Waals surface area contributed by atoms with Crippen LogP contribution in [0.2, 0.25) is 0 Å². The Morgan fingerprint density at radius 2 is 1.01 bits per heavy atom. The lowest BCUT2D eigenvalue weighted by molar-refractivity contribution is -0.411. The van der Waals surface area contributed by atoms with E-state index in [-0.39, 0.29) is 65.9 Å². The van der Waals surface area contributed by atoms with Gasteiger partial charge in [-0.25, -0.2) is 9.59 Å². The van der Waals surface area contributed by atoms with Gasteiger partial charge < -0.3 is 62.3 Å². The first-order valence-corrected chi connectivity index (χ1v) is 33.7. The monoisotopic (exact) mass is 1280 g/mol. The van der Waals surface area contributed by atoms with Crippen LogP contribution in [0.1, 0.15) is 167 Å². The van der Waals surface area contributed by atoms with Gasteiger partial charge in [0, 0.05) is 70.3 Å². The number of esters is 3. The second kappa shape index (κ2) is 23.1. The van der Waals surface area contributed by atoms with Crippen LogP contribution in [0.15, 0.2) is 131 Å². The van der Waals surface area contributed by atoms with Crippen molar-refractivity contribution in [2.45, 2.75) is 201 Å². The molecule has 4 saturated heterocycles. The first kappa shape index (κ1) is 65.7. The van der Waals surface area contributed by atoms with E-state index in [1.165, 1.54) is 23.6 Å². The van der Waals surface area contributed by atoms with Crippen molar-refractivity contribution in [1.82, 2.24) is 0 Å². The standard InChI is InChI=1S/C39H48O9.C38H48O7/c1-21-19-39(42)33(46-34(41)25-12-10-9-11-13-25)31-37(7)28(18-29-38(31,20-44-29)48-24(4)40)45-35(26-14-16-27(43-8)17-15-26)47-32(37)23(3)30(22(21)2)36(39,5)6;1-21-19-38(35(4,5)40)29(22(21)2)23(3)31-37(7)28(43-34(45-31)25-14-16-26(41-8)17-15-25)18-27-36(6,20-42-27)30(37)32(38)44-33(39)24-12-10-9-11-13-24/h9-17,21,23,28-29,31-33,35,42H,18-20H2,1-8H3;9-17,21,23,27-28,30-32,34,40H,18-20H2,1-8H3/t21-,23+,28-,29+,31-,32-,33-,35?,37+,38-,39+;21-,23+,27+,28-,30+,31-,32-,34?,36+,37+,38-/m00/s1. The van der Waals surface area contributed by atoms with Crippen molar-refractivity contribution in [3.05, 3.63) is 154 Å². The zero-order chi connectivity index (χ0) is 66.5. The number of methoxy groups -OCH3 is 2. The van der Waals surface area contributed by atoms with Crippen molar-refractivity contribution in [2.24, 2.45) is 62.6 Å². The number of carbonyl (C=O) groups excluding carboxylic acids is 3. The molecular formula is C77H96O16. The van der Waals surface area contributed by atoms with Crippen molar-refractivity contribution in [3.8, 4) is 11.5 Å². The molecule has 4 aliphatic heterocycles. The summed E-state index contributed by atoms with van der Waals surface area (Å²) in [5.74, 6) is -0.874. The molecule has 10 aliphatic rings. The van der Waals surface area contributed by atoms with Gasteiger partial charge in [0.05, 0.1) is 86.0 Å². The highest BCUT2D eigenvalue weighted by atomic mass is 16.7. The molecule has 4 saturated carbocycles. The SMILES string of the molecule is COc1ccc(C2O[C@H]3C[C@H]4OC[C@@]4(C)[C@H]4[C@H](OC(=O)c5ccccc5)[C@]5(C(C)(C)O)C[C@H](C)C(C)=C5[C@@H](C)[C@H](O2)[C@]34C)cc1.COc1ccc(C2O[C@H]3C[C@H]4OC[C@@]4(OC(C)=O)[C@H]4[C@H](OC(=O)c5ccccc5)[C@]5(O)C[C@H](C)C(C)=C([C@@H](C)[C@H](O2)[C@]34C)C5(C)C)cc1. The average molecular weight is 1280 g/mol. The summed E-state index contributed by atoms with van der Waals surface area (Å²) in [5.41, 5.74) is 0.0227. The maximum atomic E-state index is 14.1. The molecule has 16 heteroatoms. The molecule has 2 unspecified atom stereocenters. The van der Waals surface area contributed by atoms with Crippen molar-refractivity contribution >= 4 is 17.9 Å². The fraction of sp³-hybridized carbons (Fsp3) is 0.597. The molecule has 16 nitrogen and oxygen atoms in total. The Morgan fingerprint density at radius 1 is 0.559 bits per heavy atom. The van der Waals surface area contributed by atoms with Gasteiger partial charge in [-0.1, -0.05) is 145 Å². The highest BCUT2D eigenvalue weighted by Crippen LogP contribution is 2.74. The second-order valence-corrected chi connectivity index (χ2v) is 30.8. The van der Waals surface area contributed by atoms with Crippen molar-refractivity contribution in [2.75, 3.05) is 27.4 Å². The van der Waals surface area contributed by atoms with Crippen LogP contribution in [0.3, 0.4) is 0 Å². The van der Waals surface area contributed by atoms with E-state index in [0.29, 0.717) is 37.0 Å². The molecule has 93 heavy (non-hydrogen) atoms. The normalized spacial score (nSPS) is 41.5. The largest absolute Gasteiger partial charge is 0.497 e. The molecule has 2 N–H and O–H groups in total. The summed E-state index contributed by atoms with van der Waals surface area (Å²) in [5, 5.41) is 25.8. The van der Waals surface area contributed by atoms with Crippen molar-refractivity contribution in [3.63, 3.8) is 0 Å². The third kappa shape index (κ3) is 9.65. The number of aliphatic hydroxyl groups is 2. The first-order valence-electron chi connectivity index (χ1n) is 33.7. The Bertz CT molecular complexity index is 3580. The molecule has 500 valence electrons. The van der Waals surface area contributed by atoms with Gasteiger partial charge in [0.15, 0.2) is 18.2 Å². The molecule has 0 amide bonds. The van der Waals surface area contributed by atoms with Gasteiger partial charge in [0.2, 0.25) is 0 Å². The van der Waals surface area contributed by atoms with E-state index in [1.807, 2.05) is 100 Å². The Morgan fingerprint density at radius 3 is 1.46 bits per heavy atom. The molecule has 2 bridgehead atoms. The van der Waals surface area contributed by atoms with Gasteiger partial charge in [0.1, 0.15) is 35.4 Å². The highest BCUT2D eigenvalue weighted by Gasteiger charge is 2.80. The summed E-state index contributed by atoms with van der Waals surface area (Å²) >= 11 is 0. The molecule has 6 aliphatic carbocycles. The van der Waals surface area contributed by atoms with Gasteiger partial charge in [-0.15, -0.1) is 0 Å². The van der Waals surface area contributed by atoms with Crippen molar-refractivity contribution in [1.29, 1.82) is 0 Å². The van der Waals surface area contributed by atoms with Gasteiger partial charge in [-0.2, -0.15) is 0 Å². The summed E-state index contributed by atoms with van der Waals surface area (Å²) in [4.78, 5) is 41.2. The van der Waals surface area contributed by atoms with Gasteiger partial charge >= 0.3 is 17.9 Å². The minimum atomic E-state index is -1.54. The van der Waals surface area contributed by atoms with Crippen LogP contribution in [0.25, 0.3) is 0 Å². The molecule has 22 atom stereocenters. The maximum Gasteiger partial charge on any atom is 0.338 e. The lowest BCUT2D eigenvalue weighted by Crippen LogP contribution is -2.82. The van der Waals surface area contributed by atoms with E-state index in [9.17, 15) is 24.6 Å². The van der Waals surface area contributed by atoms with Gasteiger partial charge in [-0.05, 0) is 101 Å². The molecule has 4 aromatic rings. The smallest absolute Gasteiger partial charge is 0.338 e. The summed E-state index contributed by atoms with van der Waals surface area (Å²) in [7, 11) is 3.29. The quantitative estimate of drug-likeness (QED) is 0.0864. The number of carbonyl (C=O) groups is 3. The Labute approximate surface area is 548 Å². The van der Waals surface area contributed by atoms with Crippen LogP contribution in [0, 0.1) is 62.6 Å². The van der Waals surface area contributed by atoms with E-state index >= 15 is 0 Å². The average Bonchev–Trinajstić information content (AvgIpc) is 1.66. The minimum absolute atomic E-state index is 0.0162. The van der Waals surface area contributed by atoms with Crippen LogP contribution in [-0.2, 0) is 47.4 Å². The number of hydrogen-bond acceptors (Lipinski definition) is 16. The Balaban J connectivity index is 0.000000170. The van der Waals surface area contributed by atoms with Crippen LogP contribution in [0.4, 0.5) is 0 Å². The zero-order valence-electron chi connectivity index (χ0n) is 57.0. The fourth-order valence-corrected chi connectivity index (χ4v) is 20.7. The van der Waals surface area contributed by atoms with E-state index in [0.717, 1.165) is 34.6 Å². The highest BCUT2D eigenvalue weighted by molar-refractivity contribution is 5.90.